The van der Waals surface area contributed by atoms with Gasteiger partial charge >= 0.3 is 15.2 Å². The van der Waals surface area contributed by atoms with Gasteiger partial charge in [0.2, 0.25) is 0 Å². The lowest BCUT2D eigenvalue weighted by Gasteiger charge is -2.11. The van der Waals surface area contributed by atoms with Gasteiger partial charge in [-0.25, -0.2) is 0 Å². The van der Waals surface area contributed by atoms with E-state index < -0.39 is 21.7 Å². The van der Waals surface area contributed by atoms with Crippen LogP contribution >= 0.6 is 0 Å². The Kier molecular flexibility index (Phi) is 2.18. The van der Waals surface area contributed by atoms with Crippen LogP contribution in [-0.4, -0.2) is 23.2 Å². The fraction of sp³-hybridized carbons (Fsp3) is 1.00. The maximum atomic E-state index is 10.2. The molecule has 0 saturated heterocycles. The maximum absolute atomic E-state index is 10.2. The summed E-state index contributed by atoms with van der Waals surface area (Å²) < 4.78 is 27.7. The fourth-order valence-corrected chi connectivity index (χ4v) is 0.547. The average Bonchev–Trinajstić information content (AvgIpc) is 1.64. The minimum Gasteiger partial charge on any atom is -0.350 e. The molecule has 5 nitrogen and oxygen atoms in total. The van der Waals surface area contributed by atoms with E-state index in [9.17, 15) is 13.5 Å². The summed E-state index contributed by atoms with van der Waals surface area (Å²) in [6, 6.07) is 0. The molecule has 0 rings (SSSR count). The molecule has 0 saturated carbocycles. The average molecular weight is 155 g/mol. The van der Waals surface area contributed by atoms with Crippen LogP contribution < -0.4 is 0 Å². The van der Waals surface area contributed by atoms with Gasteiger partial charge in [0.05, 0.1) is 0 Å². The van der Waals surface area contributed by atoms with Gasteiger partial charge in [-0.3, -0.25) is 4.55 Å². The SMILES string of the molecule is CCC([O])(O)S(=O)(=O)O. The summed E-state index contributed by atoms with van der Waals surface area (Å²) in [7, 11) is -4.85. The highest BCUT2D eigenvalue weighted by Crippen LogP contribution is 2.12. The third-order valence-electron chi connectivity index (χ3n) is 0.850. The van der Waals surface area contributed by atoms with E-state index in [1.54, 1.807) is 0 Å². The predicted octanol–water partition coefficient (Wildman–Crippen LogP) is -0.639. The van der Waals surface area contributed by atoms with Crippen molar-refractivity contribution in [2.75, 3.05) is 0 Å². The molecule has 0 aliphatic rings. The molecule has 0 aromatic heterocycles. The minimum atomic E-state index is -4.85. The minimum absolute atomic E-state index is 0.578. The third kappa shape index (κ3) is 1.90. The molecule has 0 fully saturated rings. The van der Waals surface area contributed by atoms with Crippen LogP contribution in [0.1, 0.15) is 13.3 Å². The van der Waals surface area contributed by atoms with Gasteiger partial charge in [0.15, 0.2) is 0 Å². The molecule has 0 heterocycles. The quantitative estimate of drug-likeness (QED) is 0.409. The topological polar surface area (TPSA) is 94.5 Å². The Morgan fingerprint density at radius 3 is 1.89 bits per heavy atom. The highest BCUT2D eigenvalue weighted by Gasteiger charge is 2.38. The zero-order valence-corrected chi connectivity index (χ0v) is 5.55. The first-order valence-electron chi connectivity index (χ1n) is 2.21. The van der Waals surface area contributed by atoms with Gasteiger partial charge in [-0.2, -0.15) is 13.5 Å². The summed E-state index contributed by atoms with van der Waals surface area (Å²) >= 11 is 0. The van der Waals surface area contributed by atoms with E-state index in [2.05, 4.69) is 0 Å². The molecule has 2 N–H and O–H groups in total. The lowest BCUT2D eigenvalue weighted by molar-refractivity contribution is -0.140. The summed E-state index contributed by atoms with van der Waals surface area (Å²) in [6.45, 7) is 1.15. The van der Waals surface area contributed by atoms with Crippen molar-refractivity contribution >= 4 is 10.1 Å². The molecule has 1 unspecified atom stereocenters. The van der Waals surface area contributed by atoms with Crippen LogP contribution in [0.5, 0.6) is 0 Å². The van der Waals surface area contributed by atoms with E-state index in [-0.39, 0.29) is 0 Å². The van der Waals surface area contributed by atoms with Crippen molar-refractivity contribution in [3.05, 3.63) is 0 Å². The Balaban J connectivity index is 4.56. The zero-order chi connectivity index (χ0) is 7.71. The highest BCUT2D eigenvalue weighted by molar-refractivity contribution is 7.86. The third-order valence-corrected chi connectivity index (χ3v) is 1.94. The Labute approximate surface area is 52.7 Å². The van der Waals surface area contributed by atoms with Gasteiger partial charge < -0.3 is 5.11 Å². The first-order chi connectivity index (χ1) is 3.81. The molecule has 0 aliphatic heterocycles. The molecule has 0 bridgehead atoms. The molecule has 0 aromatic carbocycles. The standard InChI is InChI=1S/C3H7O5S/c1-2-3(4,5)9(6,7)8/h4H,2H2,1H3,(H,6,7,8). The molecule has 0 aliphatic carbocycles. The van der Waals surface area contributed by atoms with Crippen LogP contribution in [0.3, 0.4) is 0 Å². The number of aliphatic hydroxyl groups is 1. The van der Waals surface area contributed by atoms with Gasteiger partial charge in [0.25, 0.3) is 0 Å². The Hall–Kier alpha value is -0.170. The number of hydrogen-bond acceptors (Lipinski definition) is 3. The highest BCUT2D eigenvalue weighted by atomic mass is 32.2. The van der Waals surface area contributed by atoms with E-state index in [0.29, 0.717) is 0 Å². The second-order valence-corrected chi connectivity index (χ2v) is 3.13. The van der Waals surface area contributed by atoms with E-state index in [4.69, 9.17) is 9.66 Å². The molecule has 6 heteroatoms. The van der Waals surface area contributed by atoms with Crippen LogP contribution in [0.2, 0.25) is 0 Å². The number of hydrogen-bond donors (Lipinski definition) is 2. The van der Waals surface area contributed by atoms with Crippen LogP contribution in [0.15, 0.2) is 0 Å². The maximum Gasteiger partial charge on any atom is 0.326 e. The van der Waals surface area contributed by atoms with Crippen LogP contribution in [0.4, 0.5) is 0 Å². The molecule has 0 amide bonds. The smallest absolute Gasteiger partial charge is 0.326 e. The van der Waals surface area contributed by atoms with Crippen molar-refractivity contribution in [2.45, 2.75) is 18.5 Å². The molecule has 0 aromatic rings. The first kappa shape index (κ1) is 8.83. The lowest BCUT2D eigenvalue weighted by Crippen LogP contribution is -2.35. The van der Waals surface area contributed by atoms with Crippen LogP contribution in [-0.2, 0) is 15.2 Å². The van der Waals surface area contributed by atoms with Crippen molar-refractivity contribution in [1.29, 1.82) is 0 Å². The van der Waals surface area contributed by atoms with Crippen LogP contribution in [0.25, 0.3) is 0 Å². The predicted molar refractivity (Wildman–Crippen MR) is 27.5 cm³/mol. The van der Waals surface area contributed by atoms with Gasteiger partial charge in [-0.1, -0.05) is 6.92 Å². The second-order valence-electron chi connectivity index (χ2n) is 1.54. The van der Waals surface area contributed by atoms with E-state index in [0.717, 1.165) is 6.92 Å². The van der Waals surface area contributed by atoms with Gasteiger partial charge in [-0.05, 0) is 0 Å². The number of rotatable bonds is 2. The van der Waals surface area contributed by atoms with E-state index in [1.807, 2.05) is 0 Å². The lowest BCUT2D eigenvalue weighted by atomic mass is 10.5. The van der Waals surface area contributed by atoms with Crippen molar-refractivity contribution in [3.63, 3.8) is 0 Å². The molecule has 55 valence electrons. The summed E-state index contributed by atoms with van der Waals surface area (Å²) in [5.74, 6) is 0. The molecule has 9 heavy (non-hydrogen) atoms. The monoisotopic (exact) mass is 155 g/mol. The largest absolute Gasteiger partial charge is 0.350 e. The molecule has 1 atom stereocenters. The first-order valence-corrected chi connectivity index (χ1v) is 3.65. The zero-order valence-electron chi connectivity index (χ0n) is 4.73. The normalized spacial score (nSPS) is 13.8. The summed E-state index contributed by atoms with van der Waals surface area (Å²) in [6.07, 6.45) is -0.578. The Morgan fingerprint density at radius 2 is 1.89 bits per heavy atom. The van der Waals surface area contributed by atoms with E-state index in [1.165, 1.54) is 0 Å². The Bertz CT molecular complexity index is 178. The van der Waals surface area contributed by atoms with Crippen LogP contribution in [0, 0.1) is 0 Å². The van der Waals surface area contributed by atoms with Gasteiger partial charge in [-0.15, -0.1) is 0 Å². The molecule has 0 spiro atoms. The van der Waals surface area contributed by atoms with Gasteiger partial charge in [0, 0.05) is 6.42 Å². The molecular weight excluding hydrogens is 148 g/mol. The van der Waals surface area contributed by atoms with Crippen molar-refractivity contribution < 1.29 is 23.2 Å². The van der Waals surface area contributed by atoms with Crippen molar-refractivity contribution in [3.8, 4) is 0 Å². The second kappa shape index (κ2) is 2.22. The fourth-order valence-electron chi connectivity index (χ4n) is 0.182. The Morgan fingerprint density at radius 1 is 1.56 bits per heavy atom. The molecule has 1 radical (unpaired) electrons. The van der Waals surface area contributed by atoms with Gasteiger partial charge in [0.1, 0.15) is 0 Å². The summed E-state index contributed by atoms with van der Waals surface area (Å²) in [4.78, 5) is 0. The van der Waals surface area contributed by atoms with E-state index >= 15 is 0 Å². The summed E-state index contributed by atoms with van der Waals surface area (Å²) in [5.41, 5.74) is 0. The van der Waals surface area contributed by atoms with Crippen molar-refractivity contribution in [1.82, 2.24) is 0 Å². The summed E-state index contributed by atoms with van der Waals surface area (Å²) in [5, 5.41) is 15.2. The van der Waals surface area contributed by atoms with Crippen molar-refractivity contribution in [2.24, 2.45) is 0 Å². The molecular formula is C3H7O5S.